The van der Waals surface area contributed by atoms with Crippen LogP contribution in [0.5, 0.6) is 0 Å². The molecule has 0 spiro atoms. The second-order valence-corrected chi connectivity index (χ2v) is 4.09. The lowest BCUT2D eigenvalue weighted by Gasteiger charge is -2.12. The summed E-state index contributed by atoms with van der Waals surface area (Å²) >= 11 is 0. The molecule has 0 aromatic rings. The summed E-state index contributed by atoms with van der Waals surface area (Å²) in [7, 11) is 0. The summed E-state index contributed by atoms with van der Waals surface area (Å²) in [5.74, 6) is -1.30. The van der Waals surface area contributed by atoms with Gasteiger partial charge in [-0.15, -0.1) is 0 Å². The van der Waals surface area contributed by atoms with E-state index in [4.69, 9.17) is 5.11 Å². The van der Waals surface area contributed by atoms with Crippen LogP contribution in [-0.2, 0) is 9.59 Å². The van der Waals surface area contributed by atoms with Crippen molar-refractivity contribution in [3.05, 3.63) is 0 Å². The molecule has 2 N–H and O–H groups in total. The molecular weight excluding hydrogens is 206 g/mol. The van der Waals surface area contributed by atoms with Crippen LogP contribution in [-0.4, -0.2) is 23.5 Å². The number of hydrogen-bond donors (Lipinski definition) is 2. The Labute approximate surface area is 97.4 Å². The van der Waals surface area contributed by atoms with E-state index in [1.54, 1.807) is 0 Å². The molecule has 0 rings (SSSR count). The molecular formula is C12H23NO3. The second-order valence-electron chi connectivity index (χ2n) is 4.09. The van der Waals surface area contributed by atoms with E-state index in [2.05, 4.69) is 12.2 Å². The summed E-state index contributed by atoms with van der Waals surface area (Å²) in [6.45, 7) is 4.28. The molecule has 94 valence electrons. The number of amides is 1. The summed E-state index contributed by atoms with van der Waals surface area (Å²) in [5.41, 5.74) is 0. The van der Waals surface area contributed by atoms with Crippen molar-refractivity contribution in [1.29, 1.82) is 0 Å². The molecule has 0 aliphatic heterocycles. The van der Waals surface area contributed by atoms with Gasteiger partial charge >= 0.3 is 5.97 Å². The van der Waals surface area contributed by atoms with Crippen molar-refractivity contribution >= 4 is 11.9 Å². The lowest BCUT2D eigenvalue weighted by Crippen LogP contribution is -2.32. The third kappa shape index (κ3) is 7.26. The molecule has 1 atom stereocenters. The van der Waals surface area contributed by atoms with Gasteiger partial charge in [-0.1, -0.05) is 33.1 Å². The van der Waals surface area contributed by atoms with Crippen molar-refractivity contribution in [2.24, 2.45) is 5.92 Å². The van der Waals surface area contributed by atoms with E-state index in [-0.39, 0.29) is 12.5 Å². The van der Waals surface area contributed by atoms with Gasteiger partial charge in [0.15, 0.2) is 0 Å². The van der Waals surface area contributed by atoms with Crippen LogP contribution in [0.2, 0.25) is 0 Å². The summed E-state index contributed by atoms with van der Waals surface area (Å²) in [4.78, 5) is 22.2. The lowest BCUT2D eigenvalue weighted by molar-refractivity contribution is -0.141. The maximum absolute atomic E-state index is 11.3. The van der Waals surface area contributed by atoms with Crippen molar-refractivity contribution in [1.82, 2.24) is 5.32 Å². The minimum absolute atomic E-state index is 0.0317. The average Bonchev–Trinajstić information content (AvgIpc) is 2.24. The van der Waals surface area contributed by atoms with Crippen molar-refractivity contribution in [2.75, 3.05) is 6.54 Å². The summed E-state index contributed by atoms with van der Waals surface area (Å²) in [6, 6.07) is 0. The maximum Gasteiger partial charge on any atom is 0.308 e. The van der Waals surface area contributed by atoms with E-state index in [1.165, 1.54) is 0 Å². The van der Waals surface area contributed by atoms with Crippen LogP contribution in [0.4, 0.5) is 0 Å². The Kier molecular flexibility index (Phi) is 8.58. The number of unbranched alkanes of at least 4 members (excludes halogenated alkanes) is 2. The molecule has 1 unspecified atom stereocenters. The third-order valence-corrected chi connectivity index (χ3v) is 2.54. The molecule has 16 heavy (non-hydrogen) atoms. The molecule has 4 nitrogen and oxygen atoms in total. The predicted octanol–water partition coefficient (Wildman–Crippen LogP) is 2.18. The Morgan fingerprint density at radius 3 is 2.38 bits per heavy atom. The smallest absolute Gasteiger partial charge is 0.308 e. The number of carbonyl (C=O) groups excluding carboxylic acids is 1. The van der Waals surface area contributed by atoms with Gasteiger partial charge in [-0.25, -0.2) is 0 Å². The zero-order valence-corrected chi connectivity index (χ0v) is 10.3. The molecule has 0 aliphatic rings. The molecule has 0 fully saturated rings. The van der Waals surface area contributed by atoms with E-state index >= 15 is 0 Å². The van der Waals surface area contributed by atoms with Crippen molar-refractivity contribution in [3.63, 3.8) is 0 Å². The number of hydrogen-bond acceptors (Lipinski definition) is 2. The fourth-order valence-corrected chi connectivity index (χ4v) is 1.52. The number of carbonyl (C=O) groups is 2. The zero-order valence-electron chi connectivity index (χ0n) is 10.3. The first-order chi connectivity index (χ1) is 7.61. The minimum atomic E-state index is -0.823. The van der Waals surface area contributed by atoms with Crippen LogP contribution >= 0.6 is 0 Å². The van der Waals surface area contributed by atoms with Gasteiger partial charge < -0.3 is 10.4 Å². The first-order valence-electron chi connectivity index (χ1n) is 6.11. The minimum Gasteiger partial charge on any atom is -0.481 e. The molecule has 0 radical (unpaired) electrons. The first kappa shape index (κ1) is 14.9. The van der Waals surface area contributed by atoms with Gasteiger partial charge in [0.25, 0.3) is 0 Å². The number of aliphatic carboxylic acids is 1. The number of carboxylic acids is 1. The van der Waals surface area contributed by atoms with Crippen molar-refractivity contribution in [2.45, 2.75) is 52.4 Å². The molecule has 0 bridgehead atoms. The highest BCUT2D eigenvalue weighted by molar-refractivity contribution is 5.77. The predicted molar refractivity (Wildman–Crippen MR) is 63.2 cm³/mol. The van der Waals surface area contributed by atoms with Gasteiger partial charge in [-0.3, -0.25) is 9.59 Å². The number of rotatable bonds is 9. The average molecular weight is 229 g/mol. The standard InChI is InChI=1S/C12H23NO3/c1-3-5-6-8-11(14)13-9-10(7-4-2)12(15)16/h10H,3-9H2,1-2H3,(H,13,14)(H,15,16). The largest absolute Gasteiger partial charge is 0.481 e. The molecule has 0 aromatic heterocycles. The monoisotopic (exact) mass is 229 g/mol. The van der Waals surface area contributed by atoms with Crippen LogP contribution < -0.4 is 5.32 Å². The number of nitrogens with one attached hydrogen (secondary N) is 1. The molecule has 4 heteroatoms. The van der Waals surface area contributed by atoms with E-state index in [0.717, 1.165) is 25.7 Å². The van der Waals surface area contributed by atoms with Crippen LogP contribution in [0, 0.1) is 5.92 Å². The first-order valence-corrected chi connectivity index (χ1v) is 6.11. The molecule has 0 aliphatic carbocycles. The molecule has 0 saturated carbocycles. The number of carboxylic acid groups (broad SMARTS) is 1. The summed E-state index contributed by atoms with van der Waals surface area (Å²) in [6.07, 6.45) is 4.96. The normalized spacial score (nSPS) is 12.1. The van der Waals surface area contributed by atoms with Gasteiger partial charge in [0, 0.05) is 13.0 Å². The topological polar surface area (TPSA) is 66.4 Å². The van der Waals surface area contributed by atoms with Gasteiger partial charge in [0.2, 0.25) is 5.91 Å². The molecule has 0 heterocycles. The quantitative estimate of drug-likeness (QED) is 0.595. The highest BCUT2D eigenvalue weighted by Crippen LogP contribution is 2.05. The highest BCUT2D eigenvalue weighted by Gasteiger charge is 2.16. The van der Waals surface area contributed by atoms with Crippen LogP contribution in [0.25, 0.3) is 0 Å². The van der Waals surface area contributed by atoms with Crippen molar-refractivity contribution < 1.29 is 14.7 Å². The van der Waals surface area contributed by atoms with E-state index < -0.39 is 11.9 Å². The summed E-state index contributed by atoms with van der Waals surface area (Å²) in [5, 5.41) is 11.6. The van der Waals surface area contributed by atoms with Crippen molar-refractivity contribution in [3.8, 4) is 0 Å². The molecule has 1 amide bonds. The summed E-state index contributed by atoms with van der Waals surface area (Å²) < 4.78 is 0. The lowest BCUT2D eigenvalue weighted by atomic mass is 10.0. The van der Waals surface area contributed by atoms with Crippen LogP contribution in [0.15, 0.2) is 0 Å². The maximum atomic E-state index is 11.3. The zero-order chi connectivity index (χ0) is 12.4. The van der Waals surface area contributed by atoms with E-state index in [1.807, 2.05) is 6.92 Å². The third-order valence-electron chi connectivity index (χ3n) is 2.54. The Bertz CT molecular complexity index is 216. The van der Waals surface area contributed by atoms with Crippen LogP contribution in [0.1, 0.15) is 52.4 Å². The van der Waals surface area contributed by atoms with Gasteiger partial charge in [0.05, 0.1) is 5.92 Å². The Hall–Kier alpha value is -1.06. The SMILES string of the molecule is CCCCCC(=O)NCC(CCC)C(=O)O. The Morgan fingerprint density at radius 2 is 1.88 bits per heavy atom. The van der Waals surface area contributed by atoms with E-state index in [9.17, 15) is 9.59 Å². The Balaban J connectivity index is 3.74. The second kappa shape index (κ2) is 9.19. The van der Waals surface area contributed by atoms with Gasteiger partial charge in [-0.05, 0) is 12.8 Å². The van der Waals surface area contributed by atoms with Crippen LogP contribution in [0.3, 0.4) is 0 Å². The molecule has 0 saturated heterocycles. The van der Waals surface area contributed by atoms with Gasteiger partial charge in [0.1, 0.15) is 0 Å². The highest BCUT2D eigenvalue weighted by atomic mass is 16.4. The Morgan fingerprint density at radius 1 is 1.19 bits per heavy atom. The van der Waals surface area contributed by atoms with Gasteiger partial charge in [-0.2, -0.15) is 0 Å². The molecule has 0 aromatic carbocycles. The van der Waals surface area contributed by atoms with E-state index in [0.29, 0.717) is 12.8 Å². The fourth-order valence-electron chi connectivity index (χ4n) is 1.52. The fraction of sp³-hybridized carbons (Fsp3) is 0.833.